The maximum atomic E-state index is 13.9. The zero-order valence-electron chi connectivity index (χ0n) is 10.8. The van der Waals surface area contributed by atoms with Gasteiger partial charge in [0, 0.05) is 6.54 Å². The van der Waals surface area contributed by atoms with Crippen LogP contribution in [-0.2, 0) is 6.42 Å². The molecule has 96 valence electrons. The molecule has 0 saturated heterocycles. The lowest BCUT2D eigenvalue weighted by Crippen LogP contribution is -2.32. The molecule has 1 unspecified atom stereocenters. The van der Waals surface area contributed by atoms with E-state index in [2.05, 4.69) is 19.2 Å². The van der Waals surface area contributed by atoms with E-state index < -0.39 is 0 Å². The zero-order chi connectivity index (χ0) is 12.9. The third-order valence-electron chi connectivity index (χ3n) is 3.11. The fourth-order valence-corrected chi connectivity index (χ4v) is 2.61. The van der Waals surface area contributed by atoms with Crippen molar-refractivity contribution in [3.05, 3.63) is 34.6 Å². The minimum Gasteiger partial charge on any atom is -0.319 e. The highest BCUT2D eigenvalue weighted by atomic mass is 35.5. The Labute approximate surface area is 108 Å². The molecule has 0 aliphatic heterocycles. The van der Waals surface area contributed by atoms with Crippen molar-refractivity contribution >= 4 is 11.6 Å². The number of rotatable bonds is 6. The number of nitrogens with one attached hydrogen (secondary N) is 1. The predicted octanol–water partition coefficient (Wildman–Crippen LogP) is 4.05. The van der Waals surface area contributed by atoms with E-state index in [9.17, 15) is 4.39 Å². The minimum absolute atomic E-state index is 0.0784. The van der Waals surface area contributed by atoms with Gasteiger partial charge >= 0.3 is 0 Å². The molecule has 1 rings (SSSR count). The second-order valence-electron chi connectivity index (χ2n) is 4.98. The van der Waals surface area contributed by atoms with Gasteiger partial charge in [-0.15, -0.1) is 0 Å². The standard InChI is InChI=1S/C14H21ClFN/c1-4-8-14(2,10-17-3)9-11-6-5-7-12(15)13(11)16/h5-7,17H,4,8-10H2,1-3H3. The summed E-state index contributed by atoms with van der Waals surface area (Å²) in [6.45, 7) is 5.22. The summed E-state index contributed by atoms with van der Waals surface area (Å²) in [5.41, 5.74) is 0.790. The first-order valence-corrected chi connectivity index (χ1v) is 6.47. The topological polar surface area (TPSA) is 12.0 Å². The van der Waals surface area contributed by atoms with Crippen LogP contribution in [0, 0.1) is 11.2 Å². The predicted molar refractivity (Wildman–Crippen MR) is 72.1 cm³/mol. The van der Waals surface area contributed by atoms with Gasteiger partial charge in [0.25, 0.3) is 0 Å². The van der Waals surface area contributed by atoms with Gasteiger partial charge in [-0.1, -0.05) is 44.0 Å². The third-order valence-corrected chi connectivity index (χ3v) is 3.40. The van der Waals surface area contributed by atoms with Gasteiger partial charge in [-0.2, -0.15) is 0 Å². The highest BCUT2D eigenvalue weighted by molar-refractivity contribution is 6.30. The van der Waals surface area contributed by atoms with Gasteiger partial charge in [0.05, 0.1) is 5.02 Å². The van der Waals surface area contributed by atoms with Crippen LogP contribution in [0.1, 0.15) is 32.3 Å². The van der Waals surface area contributed by atoms with Crippen molar-refractivity contribution in [2.24, 2.45) is 5.41 Å². The van der Waals surface area contributed by atoms with Crippen molar-refractivity contribution in [2.45, 2.75) is 33.1 Å². The fourth-order valence-electron chi connectivity index (χ4n) is 2.41. The molecule has 1 aromatic carbocycles. The number of benzene rings is 1. The molecule has 17 heavy (non-hydrogen) atoms. The van der Waals surface area contributed by atoms with Crippen LogP contribution in [0.4, 0.5) is 4.39 Å². The minimum atomic E-state index is -0.271. The van der Waals surface area contributed by atoms with E-state index in [1.165, 1.54) is 0 Å². The summed E-state index contributed by atoms with van der Waals surface area (Å²) in [5.74, 6) is -0.271. The fraction of sp³-hybridized carbons (Fsp3) is 0.571. The Balaban J connectivity index is 2.89. The molecule has 0 aliphatic rings. The van der Waals surface area contributed by atoms with Gasteiger partial charge in [0.1, 0.15) is 5.82 Å². The lowest BCUT2D eigenvalue weighted by atomic mass is 9.79. The molecule has 0 aliphatic carbocycles. The highest BCUT2D eigenvalue weighted by Crippen LogP contribution is 2.30. The molecular weight excluding hydrogens is 237 g/mol. The zero-order valence-corrected chi connectivity index (χ0v) is 11.6. The molecule has 0 amide bonds. The molecule has 1 N–H and O–H groups in total. The van der Waals surface area contributed by atoms with Crippen LogP contribution in [0.25, 0.3) is 0 Å². The van der Waals surface area contributed by atoms with Crippen molar-refractivity contribution in [1.29, 1.82) is 0 Å². The van der Waals surface area contributed by atoms with E-state index in [0.717, 1.165) is 19.4 Å². The highest BCUT2D eigenvalue weighted by Gasteiger charge is 2.24. The molecule has 1 aromatic rings. The maximum absolute atomic E-state index is 13.9. The molecule has 0 radical (unpaired) electrons. The van der Waals surface area contributed by atoms with Gasteiger partial charge in [-0.25, -0.2) is 4.39 Å². The molecule has 1 atom stereocenters. The van der Waals surface area contributed by atoms with E-state index in [4.69, 9.17) is 11.6 Å². The lowest BCUT2D eigenvalue weighted by Gasteiger charge is -2.29. The second kappa shape index (κ2) is 6.36. The molecule has 0 aromatic heterocycles. The van der Waals surface area contributed by atoms with Crippen molar-refractivity contribution in [1.82, 2.24) is 5.32 Å². The van der Waals surface area contributed by atoms with E-state index in [1.54, 1.807) is 6.07 Å². The molecule has 0 bridgehead atoms. The van der Waals surface area contributed by atoms with Crippen molar-refractivity contribution in [3.63, 3.8) is 0 Å². The number of halogens is 2. The van der Waals surface area contributed by atoms with Crippen molar-refractivity contribution in [3.8, 4) is 0 Å². The summed E-state index contributed by atoms with van der Waals surface area (Å²) in [5, 5.41) is 3.41. The SMILES string of the molecule is CCCC(C)(CNC)Cc1cccc(Cl)c1F. The Morgan fingerprint density at radius 1 is 1.41 bits per heavy atom. The van der Waals surface area contributed by atoms with Gasteiger partial charge in [-0.3, -0.25) is 0 Å². The van der Waals surface area contributed by atoms with Crippen LogP contribution < -0.4 is 5.32 Å². The smallest absolute Gasteiger partial charge is 0.144 e. The van der Waals surface area contributed by atoms with Crippen molar-refractivity contribution in [2.75, 3.05) is 13.6 Å². The van der Waals surface area contributed by atoms with Crippen LogP contribution in [-0.4, -0.2) is 13.6 Å². The van der Waals surface area contributed by atoms with E-state index in [1.807, 2.05) is 19.2 Å². The van der Waals surface area contributed by atoms with Crippen LogP contribution in [0.15, 0.2) is 18.2 Å². The molecule has 0 fully saturated rings. The van der Waals surface area contributed by atoms with Gasteiger partial charge < -0.3 is 5.32 Å². The largest absolute Gasteiger partial charge is 0.319 e. The average Bonchev–Trinajstić information content (AvgIpc) is 2.25. The first-order valence-electron chi connectivity index (χ1n) is 6.10. The number of hydrogen-bond acceptors (Lipinski definition) is 1. The quantitative estimate of drug-likeness (QED) is 0.811. The van der Waals surface area contributed by atoms with E-state index in [-0.39, 0.29) is 16.3 Å². The first kappa shape index (κ1) is 14.5. The monoisotopic (exact) mass is 257 g/mol. The Morgan fingerprint density at radius 3 is 2.71 bits per heavy atom. The molecule has 0 saturated carbocycles. The van der Waals surface area contributed by atoms with Crippen LogP contribution in [0.2, 0.25) is 5.02 Å². The van der Waals surface area contributed by atoms with Crippen molar-refractivity contribution < 1.29 is 4.39 Å². The average molecular weight is 258 g/mol. The maximum Gasteiger partial charge on any atom is 0.144 e. The van der Waals surface area contributed by atoms with E-state index in [0.29, 0.717) is 12.0 Å². The van der Waals surface area contributed by atoms with Gasteiger partial charge in [0.15, 0.2) is 0 Å². The van der Waals surface area contributed by atoms with E-state index >= 15 is 0 Å². The van der Waals surface area contributed by atoms with Gasteiger partial charge in [0.2, 0.25) is 0 Å². The van der Waals surface area contributed by atoms with Gasteiger partial charge in [-0.05, 0) is 36.9 Å². The summed E-state index contributed by atoms with van der Waals surface area (Å²) in [7, 11) is 1.93. The molecule has 0 spiro atoms. The van der Waals surface area contributed by atoms with Crippen LogP contribution in [0.3, 0.4) is 0 Å². The first-order chi connectivity index (χ1) is 8.02. The Morgan fingerprint density at radius 2 is 2.12 bits per heavy atom. The van der Waals surface area contributed by atoms with Crippen LogP contribution in [0.5, 0.6) is 0 Å². The summed E-state index contributed by atoms with van der Waals surface area (Å²) in [6, 6.07) is 5.23. The Hall–Kier alpha value is -0.600. The summed E-state index contributed by atoms with van der Waals surface area (Å²) < 4.78 is 13.9. The summed E-state index contributed by atoms with van der Waals surface area (Å²) in [6.07, 6.45) is 2.88. The summed E-state index contributed by atoms with van der Waals surface area (Å²) >= 11 is 5.81. The number of hydrogen-bond donors (Lipinski definition) is 1. The van der Waals surface area contributed by atoms with Crippen LogP contribution >= 0.6 is 11.6 Å². The Bertz CT molecular complexity index is 359. The summed E-state index contributed by atoms with van der Waals surface area (Å²) in [4.78, 5) is 0. The second-order valence-corrected chi connectivity index (χ2v) is 5.39. The normalized spacial score (nSPS) is 14.6. The molecule has 1 nitrogen and oxygen atoms in total. The Kier molecular flexibility index (Phi) is 5.41. The molecule has 3 heteroatoms. The third kappa shape index (κ3) is 3.97. The lowest BCUT2D eigenvalue weighted by molar-refractivity contribution is 0.279. The molecular formula is C14H21ClFN. The molecule has 0 heterocycles.